The predicted octanol–water partition coefficient (Wildman–Crippen LogP) is 1.29. The van der Waals surface area contributed by atoms with E-state index >= 15 is 0 Å². The van der Waals surface area contributed by atoms with E-state index in [0.717, 1.165) is 5.56 Å². The third-order valence-corrected chi connectivity index (χ3v) is 1.48. The maximum atomic E-state index is 8.52. The van der Waals surface area contributed by atoms with Crippen molar-refractivity contribution in [2.24, 2.45) is 0 Å². The fourth-order valence-corrected chi connectivity index (χ4v) is 0.849. The van der Waals surface area contributed by atoms with Crippen molar-refractivity contribution in [1.29, 1.82) is 5.26 Å². The van der Waals surface area contributed by atoms with Gasteiger partial charge in [0.05, 0.1) is 18.2 Å². The number of hydrogen-bond acceptors (Lipinski definition) is 2. The van der Waals surface area contributed by atoms with Crippen LogP contribution in [0.5, 0.6) is 0 Å². The number of aliphatic hydroxyl groups is 1. The van der Waals surface area contributed by atoms with E-state index in [2.05, 4.69) is 11.8 Å². The van der Waals surface area contributed by atoms with Gasteiger partial charge in [-0.2, -0.15) is 5.26 Å². The molecule has 1 aromatic rings. The van der Waals surface area contributed by atoms with E-state index < -0.39 is 0 Å². The summed E-state index contributed by atoms with van der Waals surface area (Å²) in [5.41, 5.74) is 1.50. The minimum absolute atomic E-state index is 0.0866. The van der Waals surface area contributed by atoms with Gasteiger partial charge in [-0.05, 0) is 24.3 Å². The summed E-state index contributed by atoms with van der Waals surface area (Å²) in [4.78, 5) is 0. The number of hydrogen-bond donors (Lipinski definition) is 1. The largest absolute Gasteiger partial charge is 0.395 e. The first kappa shape index (κ1) is 9.32. The maximum Gasteiger partial charge on any atom is 0.0991 e. The zero-order valence-electron chi connectivity index (χ0n) is 7.12. The molecule has 1 N–H and O–H groups in total. The van der Waals surface area contributed by atoms with Gasteiger partial charge in [0.1, 0.15) is 0 Å². The van der Waals surface area contributed by atoms with Crippen LogP contribution in [0.1, 0.15) is 17.5 Å². The highest BCUT2D eigenvalue weighted by Gasteiger charge is 1.88. The molecule has 0 unspecified atom stereocenters. The fourth-order valence-electron chi connectivity index (χ4n) is 0.849. The van der Waals surface area contributed by atoms with E-state index in [9.17, 15) is 0 Å². The molecule has 0 saturated heterocycles. The SMILES string of the molecule is N#Cc1ccc(C#CCCO)cc1. The number of rotatable bonds is 1. The van der Waals surface area contributed by atoms with Crippen molar-refractivity contribution in [3.63, 3.8) is 0 Å². The second-order valence-corrected chi connectivity index (χ2v) is 2.46. The molecule has 13 heavy (non-hydrogen) atoms. The summed E-state index contributed by atoms with van der Waals surface area (Å²) in [6.07, 6.45) is 0.486. The van der Waals surface area contributed by atoms with Crippen molar-refractivity contribution in [1.82, 2.24) is 0 Å². The molecule has 0 fully saturated rings. The van der Waals surface area contributed by atoms with Gasteiger partial charge in [-0.25, -0.2) is 0 Å². The van der Waals surface area contributed by atoms with Crippen LogP contribution in [-0.2, 0) is 0 Å². The van der Waals surface area contributed by atoms with Crippen LogP contribution in [-0.4, -0.2) is 11.7 Å². The van der Waals surface area contributed by atoms with Crippen molar-refractivity contribution in [3.05, 3.63) is 35.4 Å². The Hall–Kier alpha value is -1.77. The molecule has 0 aliphatic heterocycles. The van der Waals surface area contributed by atoms with Crippen LogP contribution in [0.4, 0.5) is 0 Å². The van der Waals surface area contributed by atoms with E-state index in [1.54, 1.807) is 24.3 Å². The molecular formula is C11H9NO. The molecule has 0 amide bonds. The number of nitrogens with zero attached hydrogens (tertiary/aromatic N) is 1. The van der Waals surface area contributed by atoms with Gasteiger partial charge in [0, 0.05) is 12.0 Å². The molecule has 0 bridgehead atoms. The van der Waals surface area contributed by atoms with E-state index in [4.69, 9.17) is 10.4 Å². The Morgan fingerprint density at radius 2 is 1.77 bits per heavy atom. The molecule has 1 aromatic carbocycles. The van der Waals surface area contributed by atoms with Gasteiger partial charge in [0.2, 0.25) is 0 Å². The fraction of sp³-hybridized carbons (Fsp3) is 0.182. The number of aliphatic hydroxyl groups excluding tert-OH is 1. The summed E-state index contributed by atoms with van der Waals surface area (Å²) in [6, 6.07) is 9.07. The lowest BCUT2D eigenvalue weighted by Gasteiger charge is -1.89. The van der Waals surface area contributed by atoms with Gasteiger partial charge in [-0.3, -0.25) is 0 Å². The van der Waals surface area contributed by atoms with Crippen molar-refractivity contribution >= 4 is 0 Å². The Morgan fingerprint density at radius 3 is 2.31 bits per heavy atom. The lowest BCUT2D eigenvalue weighted by atomic mass is 10.1. The van der Waals surface area contributed by atoms with E-state index in [-0.39, 0.29) is 6.61 Å². The lowest BCUT2D eigenvalue weighted by Crippen LogP contribution is -1.78. The molecule has 2 heteroatoms. The summed E-state index contributed by atoms with van der Waals surface area (Å²) in [7, 11) is 0. The normalized spacial score (nSPS) is 8.31. The summed E-state index contributed by atoms with van der Waals surface area (Å²) in [5.74, 6) is 5.68. The summed E-state index contributed by atoms with van der Waals surface area (Å²) in [5, 5.41) is 17.0. The molecule has 1 rings (SSSR count). The third-order valence-electron chi connectivity index (χ3n) is 1.48. The van der Waals surface area contributed by atoms with Gasteiger partial charge in [-0.15, -0.1) is 0 Å². The first-order valence-corrected chi connectivity index (χ1v) is 3.96. The molecule has 0 radical (unpaired) electrons. The van der Waals surface area contributed by atoms with Crippen LogP contribution in [0.15, 0.2) is 24.3 Å². The highest BCUT2D eigenvalue weighted by Crippen LogP contribution is 2.01. The highest BCUT2D eigenvalue weighted by atomic mass is 16.2. The monoisotopic (exact) mass is 171 g/mol. The second kappa shape index (κ2) is 4.98. The van der Waals surface area contributed by atoms with E-state index in [1.165, 1.54) is 0 Å². The first-order chi connectivity index (χ1) is 6.36. The Morgan fingerprint density at radius 1 is 1.15 bits per heavy atom. The molecule has 0 aliphatic rings. The van der Waals surface area contributed by atoms with Crippen molar-refractivity contribution in [2.45, 2.75) is 6.42 Å². The minimum Gasteiger partial charge on any atom is -0.395 e. The van der Waals surface area contributed by atoms with Gasteiger partial charge >= 0.3 is 0 Å². The topological polar surface area (TPSA) is 44.0 Å². The van der Waals surface area contributed by atoms with E-state index in [0.29, 0.717) is 12.0 Å². The Balaban J connectivity index is 2.72. The average molecular weight is 171 g/mol. The van der Waals surface area contributed by atoms with Gasteiger partial charge in [0.15, 0.2) is 0 Å². The van der Waals surface area contributed by atoms with E-state index in [1.807, 2.05) is 6.07 Å². The molecule has 0 atom stereocenters. The van der Waals surface area contributed by atoms with Gasteiger partial charge in [0.25, 0.3) is 0 Å². The van der Waals surface area contributed by atoms with Crippen LogP contribution in [0.2, 0.25) is 0 Å². The van der Waals surface area contributed by atoms with Crippen LogP contribution in [0, 0.1) is 23.2 Å². The van der Waals surface area contributed by atoms with Crippen LogP contribution < -0.4 is 0 Å². The summed E-state index contributed by atoms with van der Waals surface area (Å²) in [6.45, 7) is 0.0866. The molecular weight excluding hydrogens is 162 g/mol. The summed E-state index contributed by atoms with van der Waals surface area (Å²) >= 11 is 0. The standard InChI is InChI=1S/C11H9NO/c12-9-11-6-4-10(5-7-11)3-1-2-8-13/h4-7,13H,2,8H2. The highest BCUT2D eigenvalue weighted by molar-refractivity contribution is 5.39. The molecule has 0 heterocycles. The van der Waals surface area contributed by atoms with Crippen molar-refractivity contribution in [2.75, 3.05) is 6.61 Å². The zero-order valence-corrected chi connectivity index (χ0v) is 7.12. The molecule has 0 aliphatic carbocycles. The molecule has 0 saturated carbocycles. The number of nitriles is 1. The Labute approximate surface area is 77.4 Å². The zero-order chi connectivity index (χ0) is 9.52. The molecule has 2 nitrogen and oxygen atoms in total. The molecule has 0 spiro atoms. The van der Waals surface area contributed by atoms with Crippen molar-refractivity contribution < 1.29 is 5.11 Å². The molecule has 0 aromatic heterocycles. The first-order valence-electron chi connectivity index (χ1n) is 3.96. The quantitative estimate of drug-likeness (QED) is 0.647. The van der Waals surface area contributed by atoms with Crippen LogP contribution in [0.3, 0.4) is 0 Å². The van der Waals surface area contributed by atoms with Gasteiger partial charge < -0.3 is 5.11 Å². The van der Waals surface area contributed by atoms with Crippen LogP contribution in [0.25, 0.3) is 0 Å². The lowest BCUT2D eigenvalue weighted by molar-refractivity contribution is 0.305. The average Bonchev–Trinajstić information content (AvgIpc) is 2.19. The Bertz CT molecular complexity index is 362. The summed E-state index contributed by atoms with van der Waals surface area (Å²) < 4.78 is 0. The number of benzene rings is 1. The van der Waals surface area contributed by atoms with Crippen molar-refractivity contribution in [3.8, 4) is 17.9 Å². The van der Waals surface area contributed by atoms with Crippen LogP contribution >= 0.6 is 0 Å². The smallest absolute Gasteiger partial charge is 0.0991 e. The predicted molar refractivity (Wildman–Crippen MR) is 49.7 cm³/mol. The Kier molecular flexibility index (Phi) is 3.57. The minimum atomic E-state index is 0.0866. The molecule has 64 valence electrons. The van der Waals surface area contributed by atoms with Gasteiger partial charge in [-0.1, -0.05) is 11.8 Å². The third kappa shape index (κ3) is 2.99. The maximum absolute atomic E-state index is 8.52. The second-order valence-electron chi connectivity index (χ2n) is 2.46.